The molecule has 1 aliphatic heterocycles. The van der Waals surface area contributed by atoms with Crippen molar-refractivity contribution in [3.05, 3.63) is 0 Å². The van der Waals surface area contributed by atoms with Crippen molar-refractivity contribution in [2.24, 2.45) is 0 Å². The number of hydrogen-bond acceptors (Lipinski definition) is 2. The topological polar surface area (TPSA) is 15.3 Å². The Morgan fingerprint density at radius 2 is 2.21 bits per heavy atom. The second kappa shape index (κ2) is 5.66. The van der Waals surface area contributed by atoms with Gasteiger partial charge in [0.15, 0.2) is 0 Å². The van der Waals surface area contributed by atoms with Gasteiger partial charge in [-0.2, -0.15) is 0 Å². The minimum Gasteiger partial charge on any atom is -0.311 e. The van der Waals surface area contributed by atoms with Gasteiger partial charge >= 0.3 is 0 Å². The van der Waals surface area contributed by atoms with E-state index in [-0.39, 0.29) is 6.04 Å². The first-order valence-corrected chi connectivity index (χ1v) is 5.76. The highest BCUT2D eigenvalue weighted by atomic mass is 19.1. The summed E-state index contributed by atoms with van der Waals surface area (Å²) in [4.78, 5) is 2.38. The highest BCUT2D eigenvalue weighted by molar-refractivity contribution is 4.84. The lowest BCUT2D eigenvalue weighted by Gasteiger charge is -2.26. The summed E-state index contributed by atoms with van der Waals surface area (Å²) in [6.45, 7) is 9.46. The van der Waals surface area contributed by atoms with Crippen LogP contribution in [0.5, 0.6) is 0 Å². The Morgan fingerprint density at radius 3 is 2.64 bits per heavy atom. The molecule has 0 saturated carbocycles. The Bertz CT molecular complexity index is 159. The molecule has 1 saturated heterocycles. The fourth-order valence-corrected chi connectivity index (χ4v) is 2.10. The van der Waals surface area contributed by atoms with Gasteiger partial charge in [-0.3, -0.25) is 0 Å². The summed E-state index contributed by atoms with van der Waals surface area (Å²) in [7, 11) is 0. The van der Waals surface area contributed by atoms with Crippen molar-refractivity contribution in [2.45, 2.75) is 51.9 Å². The normalized spacial score (nSPS) is 27.9. The summed E-state index contributed by atoms with van der Waals surface area (Å²) in [6, 6.07) is 0.669. The standard InChI is InChI=1S/C11H23FN2/c1-4-14(9(2)3)8-6-11-10(12)5-7-13-11/h9-11,13H,4-8H2,1-3H3. The highest BCUT2D eigenvalue weighted by Crippen LogP contribution is 2.14. The van der Waals surface area contributed by atoms with Crippen molar-refractivity contribution in [3.63, 3.8) is 0 Å². The number of halogens is 1. The molecule has 0 aromatic rings. The van der Waals surface area contributed by atoms with Crippen molar-refractivity contribution < 1.29 is 4.39 Å². The Balaban J connectivity index is 2.24. The van der Waals surface area contributed by atoms with Crippen LogP contribution in [-0.2, 0) is 0 Å². The monoisotopic (exact) mass is 202 g/mol. The molecule has 0 bridgehead atoms. The maximum Gasteiger partial charge on any atom is 0.117 e. The zero-order valence-corrected chi connectivity index (χ0v) is 9.59. The average Bonchev–Trinajstić information content (AvgIpc) is 2.52. The molecule has 1 aliphatic rings. The van der Waals surface area contributed by atoms with Gasteiger partial charge in [0, 0.05) is 12.1 Å². The van der Waals surface area contributed by atoms with Gasteiger partial charge in [-0.05, 0) is 46.3 Å². The van der Waals surface area contributed by atoms with E-state index in [2.05, 4.69) is 31.0 Å². The van der Waals surface area contributed by atoms with Crippen LogP contribution in [0.1, 0.15) is 33.6 Å². The van der Waals surface area contributed by atoms with Gasteiger partial charge in [-0.25, -0.2) is 4.39 Å². The average molecular weight is 202 g/mol. The van der Waals surface area contributed by atoms with Crippen LogP contribution in [-0.4, -0.2) is 42.8 Å². The minimum atomic E-state index is -0.624. The van der Waals surface area contributed by atoms with Gasteiger partial charge < -0.3 is 10.2 Å². The van der Waals surface area contributed by atoms with E-state index in [1.54, 1.807) is 0 Å². The molecule has 84 valence electrons. The summed E-state index contributed by atoms with van der Waals surface area (Å²) in [5.74, 6) is 0. The molecule has 1 heterocycles. The maximum absolute atomic E-state index is 13.3. The molecule has 0 aromatic heterocycles. The van der Waals surface area contributed by atoms with Crippen LogP contribution in [0.4, 0.5) is 4.39 Å². The highest BCUT2D eigenvalue weighted by Gasteiger charge is 2.26. The summed E-state index contributed by atoms with van der Waals surface area (Å²) < 4.78 is 13.3. The van der Waals surface area contributed by atoms with Crippen LogP contribution in [0.15, 0.2) is 0 Å². The van der Waals surface area contributed by atoms with Gasteiger partial charge in [0.05, 0.1) is 0 Å². The first-order chi connectivity index (χ1) is 6.65. The molecule has 0 aromatic carbocycles. The third-order valence-electron chi connectivity index (χ3n) is 3.13. The summed E-state index contributed by atoms with van der Waals surface area (Å²) in [5.41, 5.74) is 0. The summed E-state index contributed by atoms with van der Waals surface area (Å²) >= 11 is 0. The van der Waals surface area contributed by atoms with Gasteiger partial charge in [0.1, 0.15) is 6.17 Å². The van der Waals surface area contributed by atoms with Gasteiger partial charge in [-0.1, -0.05) is 6.92 Å². The van der Waals surface area contributed by atoms with E-state index in [0.717, 1.165) is 26.1 Å². The number of nitrogens with zero attached hydrogens (tertiary/aromatic N) is 1. The zero-order valence-electron chi connectivity index (χ0n) is 9.59. The van der Waals surface area contributed by atoms with Gasteiger partial charge in [-0.15, -0.1) is 0 Å². The van der Waals surface area contributed by atoms with Crippen LogP contribution in [0.2, 0.25) is 0 Å². The lowest BCUT2D eigenvalue weighted by atomic mass is 10.1. The molecule has 1 rings (SSSR count). The molecule has 0 aliphatic carbocycles. The molecule has 1 N–H and O–H groups in total. The van der Waals surface area contributed by atoms with Crippen LogP contribution in [0.25, 0.3) is 0 Å². The van der Waals surface area contributed by atoms with E-state index in [0.29, 0.717) is 12.5 Å². The SMILES string of the molecule is CCN(CCC1NCCC1F)C(C)C. The smallest absolute Gasteiger partial charge is 0.117 e. The third kappa shape index (κ3) is 3.21. The van der Waals surface area contributed by atoms with Gasteiger partial charge in [0.25, 0.3) is 0 Å². The number of nitrogens with one attached hydrogen (secondary N) is 1. The Morgan fingerprint density at radius 1 is 1.50 bits per heavy atom. The van der Waals surface area contributed by atoms with E-state index in [1.165, 1.54) is 0 Å². The van der Waals surface area contributed by atoms with Crippen LogP contribution in [0, 0.1) is 0 Å². The molecule has 0 radical (unpaired) electrons. The predicted octanol–water partition coefficient (Wildman–Crippen LogP) is 1.81. The number of hydrogen-bond donors (Lipinski definition) is 1. The molecule has 2 nitrogen and oxygen atoms in total. The van der Waals surface area contributed by atoms with Crippen LogP contribution < -0.4 is 5.32 Å². The van der Waals surface area contributed by atoms with Gasteiger partial charge in [0.2, 0.25) is 0 Å². The minimum absolute atomic E-state index is 0.0998. The quantitative estimate of drug-likeness (QED) is 0.731. The van der Waals surface area contributed by atoms with E-state index >= 15 is 0 Å². The molecular weight excluding hydrogens is 179 g/mol. The van der Waals surface area contributed by atoms with Crippen molar-refractivity contribution in [1.29, 1.82) is 0 Å². The molecule has 0 amide bonds. The van der Waals surface area contributed by atoms with E-state index in [1.807, 2.05) is 0 Å². The second-order valence-corrected chi connectivity index (χ2v) is 4.38. The first kappa shape index (κ1) is 11.9. The first-order valence-electron chi connectivity index (χ1n) is 5.76. The Hall–Kier alpha value is -0.150. The Labute approximate surface area is 86.9 Å². The van der Waals surface area contributed by atoms with E-state index in [4.69, 9.17) is 0 Å². The third-order valence-corrected chi connectivity index (χ3v) is 3.13. The second-order valence-electron chi connectivity index (χ2n) is 4.38. The molecule has 3 heteroatoms. The van der Waals surface area contributed by atoms with Crippen molar-refractivity contribution in [3.8, 4) is 0 Å². The lowest BCUT2D eigenvalue weighted by Crippen LogP contribution is -2.37. The van der Waals surface area contributed by atoms with E-state index < -0.39 is 6.17 Å². The molecule has 2 unspecified atom stereocenters. The maximum atomic E-state index is 13.3. The van der Waals surface area contributed by atoms with Crippen molar-refractivity contribution in [2.75, 3.05) is 19.6 Å². The Kier molecular flexibility index (Phi) is 4.82. The summed E-state index contributed by atoms with van der Waals surface area (Å²) in [6.07, 6.45) is 1.01. The molecule has 1 fully saturated rings. The molecule has 2 atom stereocenters. The summed E-state index contributed by atoms with van der Waals surface area (Å²) in [5, 5.41) is 3.22. The number of alkyl halides is 1. The van der Waals surface area contributed by atoms with Crippen molar-refractivity contribution >= 4 is 0 Å². The van der Waals surface area contributed by atoms with Crippen LogP contribution >= 0.6 is 0 Å². The predicted molar refractivity (Wildman–Crippen MR) is 58.3 cm³/mol. The largest absolute Gasteiger partial charge is 0.311 e. The fourth-order valence-electron chi connectivity index (χ4n) is 2.10. The van der Waals surface area contributed by atoms with E-state index in [9.17, 15) is 4.39 Å². The van der Waals surface area contributed by atoms with Crippen molar-refractivity contribution in [1.82, 2.24) is 10.2 Å². The fraction of sp³-hybridized carbons (Fsp3) is 1.00. The molecule has 0 spiro atoms. The zero-order chi connectivity index (χ0) is 10.6. The molecular formula is C11H23FN2. The molecule has 14 heavy (non-hydrogen) atoms. The lowest BCUT2D eigenvalue weighted by molar-refractivity contribution is 0.204. The van der Waals surface area contributed by atoms with Crippen LogP contribution in [0.3, 0.4) is 0 Å². The number of rotatable bonds is 5.